The van der Waals surface area contributed by atoms with Crippen LogP contribution < -0.4 is 5.32 Å². The highest BCUT2D eigenvalue weighted by atomic mass is 15.1. The molecule has 1 saturated heterocycles. The highest BCUT2D eigenvalue weighted by molar-refractivity contribution is 5.09. The maximum absolute atomic E-state index is 4.07. The summed E-state index contributed by atoms with van der Waals surface area (Å²) in [6.45, 7) is 7.99. The van der Waals surface area contributed by atoms with Crippen molar-refractivity contribution < 1.29 is 0 Å². The summed E-state index contributed by atoms with van der Waals surface area (Å²) in [7, 11) is 0. The van der Waals surface area contributed by atoms with Gasteiger partial charge in [-0.1, -0.05) is 0 Å². The molecule has 1 N–H and O–H groups in total. The number of aromatic nitrogens is 1. The van der Waals surface area contributed by atoms with Crippen LogP contribution in [0.4, 0.5) is 0 Å². The average molecular weight is 233 g/mol. The van der Waals surface area contributed by atoms with E-state index in [1.807, 2.05) is 12.4 Å². The number of pyridine rings is 1. The standard InChI is InChI=1S/C14H23N3/c1-12-5-9-17(10-6-13(2)16-12)11-14-3-7-15-8-4-14/h3-4,7-8,12-13,16H,5-6,9-11H2,1-2H3. The van der Waals surface area contributed by atoms with Crippen molar-refractivity contribution in [3.05, 3.63) is 30.1 Å². The molecular weight excluding hydrogens is 210 g/mol. The van der Waals surface area contributed by atoms with Gasteiger partial charge in [0, 0.05) is 31.0 Å². The van der Waals surface area contributed by atoms with Crippen LogP contribution in [0.25, 0.3) is 0 Å². The monoisotopic (exact) mass is 233 g/mol. The molecule has 1 aromatic heterocycles. The predicted molar refractivity (Wildman–Crippen MR) is 70.8 cm³/mol. The number of rotatable bonds is 2. The molecule has 1 aliphatic heterocycles. The van der Waals surface area contributed by atoms with E-state index in [2.05, 4.69) is 41.2 Å². The highest BCUT2D eigenvalue weighted by Crippen LogP contribution is 2.10. The molecular formula is C14H23N3. The third-order valence-electron chi connectivity index (χ3n) is 3.48. The Bertz CT molecular complexity index is 313. The van der Waals surface area contributed by atoms with Crippen molar-refractivity contribution in [2.75, 3.05) is 13.1 Å². The lowest BCUT2D eigenvalue weighted by atomic mass is 10.1. The zero-order chi connectivity index (χ0) is 12.1. The van der Waals surface area contributed by atoms with Crippen LogP contribution in [0.3, 0.4) is 0 Å². The molecule has 1 aliphatic rings. The molecule has 17 heavy (non-hydrogen) atoms. The first-order valence-corrected chi connectivity index (χ1v) is 6.61. The minimum Gasteiger partial charge on any atom is -0.312 e. The van der Waals surface area contributed by atoms with Gasteiger partial charge in [-0.3, -0.25) is 9.88 Å². The van der Waals surface area contributed by atoms with Gasteiger partial charge in [-0.05, 0) is 57.5 Å². The van der Waals surface area contributed by atoms with E-state index in [0.29, 0.717) is 12.1 Å². The van der Waals surface area contributed by atoms with Crippen LogP contribution in [-0.2, 0) is 6.54 Å². The number of nitrogens with zero attached hydrogens (tertiary/aromatic N) is 2. The van der Waals surface area contributed by atoms with E-state index in [1.54, 1.807) is 0 Å². The highest BCUT2D eigenvalue weighted by Gasteiger charge is 2.15. The van der Waals surface area contributed by atoms with Crippen LogP contribution in [-0.4, -0.2) is 35.1 Å². The fourth-order valence-corrected chi connectivity index (χ4v) is 2.42. The van der Waals surface area contributed by atoms with Crippen molar-refractivity contribution >= 4 is 0 Å². The summed E-state index contributed by atoms with van der Waals surface area (Å²) >= 11 is 0. The van der Waals surface area contributed by atoms with E-state index in [0.717, 1.165) is 6.54 Å². The summed E-state index contributed by atoms with van der Waals surface area (Å²) in [5, 5.41) is 3.63. The molecule has 0 radical (unpaired) electrons. The minimum atomic E-state index is 0.630. The molecule has 2 unspecified atom stereocenters. The number of hydrogen-bond donors (Lipinski definition) is 1. The maximum Gasteiger partial charge on any atom is 0.0271 e. The Kier molecular flexibility index (Phi) is 4.51. The van der Waals surface area contributed by atoms with Crippen LogP contribution in [0, 0.1) is 0 Å². The van der Waals surface area contributed by atoms with Gasteiger partial charge >= 0.3 is 0 Å². The first kappa shape index (κ1) is 12.5. The van der Waals surface area contributed by atoms with E-state index in [1.165, 1.54) is 31.5 Å². The van der Waals surface area contributed by atoms with Gasteiger partial charge in [-0.15, -0.1) is 0 Å². The van der Waals surface area contributed by atoms with Gasteiger partial charge < -0.3 is 5.32 Å². The third-order valence-corrected chi connectivity index (χ3v) is 3.48. The molecule has 1 fully saturated rings. The molecule has 1 aromatic rings. The minimum absolute atomic E-state index is 0.630. The van der Waals surface area contributed by atoms with Crippen LogP contribution >= 0.6 is 0 Å². The van der Waals surface area contributed by atoms with Gasteiger partial charge in [0.1, 0.15) is 0 Å². The second-order valence-electron chi connectivity index (χ2n) is 5.18. The summed E-state index contributed by atoms with van der Waals surface area (Å²) in [4.78, 5) is 6.63. The van der Waals surface area contributed by atoms with Crippen LogP contribution in [0.2, 0.25) is 0 Å². The fraction of sp³-hybridized carbons (Fsp3) is 0.643. The van der Waals surface area contributed by atoms with Gasteiger partial charge in [0.15, 0.2) is 0 Å². The molecule has 3 heteroatoms. The lowest BCUT2D eigenvalue weighted by molar-refractivity contribution is 0.212. The van der Waals surface area contributed by atoms with Crippen molar-refractivity contribution in [1.82, 2.24) is 15.2 Å². The zero-order valence-corrected chi connectivity index (χ0v) is 10.9. The van der Waals surface area contributed by atoms with Crippen molar-refractivity contribution in [3.8, 4) is 0 Å². The molecule has 0 saturated carbocycles. The Morgan fingerprint density at radius 3 is 2.35 bits per heavy atom. The quantitative estimate of drug-likeness (QED) is 0.847. The first-order chi connectivity index (χ1) is 8.24. The molecule has 0 aliphatic carbocycles. The summed E-state index contributed by atoms with van der Waals surface area (Å²) in [5.74, 6) is 0. The van der Waals surface area contributed by atoms with Gasteiger partial charge in [0.05, 0.1) is 0 Å². The summed E-state index contributed by atoms with van der Waals surface area (Å²) in [6.07, 6.45) is 6.23. The lowest BCUT2D eigenvalue weighted by Gasteiger charge is -2.30. The van der Waals surface area contributed by atoms with Crippen molar-refractivity contribution in [3.63, 3.8) is 0 Å². The van der Waals surface area contributed by atoms with Crippen molar-refractivity contribution in [1.29, 1.82) is 0 Å². The largest absolute Gasteiger partial charge is 0.312 e. The summed E-state index contributed by atoms with van der Waals surface area (Å²) < 4.78 is 0. The molecule has 0 bridgehead atoms. The van der Waals surface area contributed by atoms with Crippen molar-refractivity contribution in [2.24, 2.45) is 0 Å². The van der Waals surface area contributed by atoms with E-state index in [4.69, 9.17) is 0 Å². The molecule has 3 nitrogen and oxygen atoms in total. The molecule has 2 rings (SSSR count). The number of hydrogen-bond acceptors (Lipinski definition) is 3. The van der Waals surface area contributed by atoms with E-state index in [-0.39, 0.29) is 0 Å². The van der Waals surface area contributed by atoms with Crippen LogP contribution in [0.1, 0.15) is 32.3 Å². The van der Waals surface area contributed by atoms with E-state index >= 15 is 0 Å². The summed E-state index contributed by atoms with van der Waals surface area (Å²) in [5.41, 5.74) is 1.37. The van der Waals surface area contributed by atoms with E-state index in [9.17, 15) is 0 Å². The first-order valence-electron chi connectivity index (χ1n) is 6.61. The van der Waals surface area contributed by atoms with Crippen molar-refractivity contribution in [2.45, 2.75) is 45.3 Å². The molecule has 2 heterocycles. The SMILES string of the molecule is CC1CCN(Cc2ccncc2)CCC(C)N1. The maximum atomic E-state index is 4.07. The van der Waals surface area contributed by atoms with Crippen LogP contribution in [0.5, 0.6) is 0 Å². The molecule has 0 aromatic carbocycles. The fourth-order valence-electron chi connectivity index (χ4n) is 2.42. The average Bonchev–Trinajstić information content (AvgIpc) is 2.32. The Morgan fingerprint density at radius 1 is 1.18 bits per heavy atom. The van der Waals surface area contributed by atoms with Gasteiger partial charge in [0.25, 0.3) is 0 Å². The Balaban J connectivity index is 1.91. The molecule has 0 spiro atoms. The smallest absolute Gasteiger partial charge is 0.0271 e. The second-order valence-corrected chi connectivity index (χ2v) is 5.18. The topological polar surface area (TPSA) is 28.2 Å². The third kappa shape index (κ3) is 4.10. The van der Waals surface area contributed by atoms with Gasteiger partial charge in [0.2, 0.25) is 0 Å². The summed E-state index contributed by atoms with van der Waals surface area (Å²) in [6, 6.07) is 5.49. The Morgan fingerprint density at radius 2 is 1.76 bits per heavy atom. The molecule has 2 atom stereocenters. The normalized spacial score (nSPS) is 27.4. The Labute approximate surface area is 104 Å². The predicted octanol–water partition coefficient (Wildman–Crippen LogP) is 2.04. The second kappa shape index (κ2) is 6.12. The van der Waals surface area contributed by atoms with Gasteiger partial charge in [-0.2, -0.15) is 0 Å². The zero-order valence-electron chi connectivity index (χ0n) is 10.9. The molecule has 94 valence electrons. The van der Waals surface area contributed by atoms with Crippen LogP contribution in [0.15, 0.2) is 24.5 Å². The lowest BCUT2D eigenvalue weighted by Crippen LogP contribution is -2.42. The van der Waals surface area contributed by atoms with E-state index < -0.39 is 0 Å². The Hall–Kier alpha value is -0.930. The van der Waals surface area contributed by atoms with Gasteiger partial charge in [-0.25, -0.2) is 0 Å². The molecule has 0 amide bonds. The number of nitrogens with one attached hydrogen (secondary N) is 1.